The van der Waals surface area contributed by atoms with Gasteiger partial charge in [-0.05, 0) is 58.2 Å². The lowest BCUT2D eigenvalue weighted by Crippen LogP contribution is -1.92. The van der Waals surface area contributed by atoms with Crippen LogP contribution < -0.4 is 4.74 Å². The Balaban J connectivity index is 1.41. The Morgan fingerprint density at radius 3 is 2.28 bits per heavy atom. The monoisotopic (exact) mass is 378 g/mol. The summed E-state index contributed by atoms with van der Waals surface area (Å²) in [4.78, 5) is 0. The lowest BCUT2D eigenvalue weighted by atomic mass is 10.0. The first-order valence-corrected chi connectivity index (χ1v) is 9.42. The average Bonchev–Trinajstić information content (AvgIpc) is 3.39. The van der Waals surface area contributed by atoms with Crippen LogP contribution in [0.15, 0.2) is 84.9 Å². The van der Waals surface area contributed by atoms with Gasteiger partial charge in [-0.3, -0.25) is 0 Å². The minimum Gasteiger partial charge on any atom is -0.457 e. The summed E-state index contributed by atoms with van der Waals surface area (Å²) in [6.07, 6.45) is 5.04. The topological polar surface area (TPSA) is 63.7 Å². The van der Waals surface area contributed by atoms with Crippen molar-refractivity contribution in [1.29, 1.82) is 0 Å². The molecule has 4 aromatic rings. The van der Waals surface area contributed by atoms with Gasteiger partial charge >= 0.3 is 0 Å². The van der Waals surface area contributed by atoms with Gasteiger partial charge in [0.2, 0.25) is 0 Å². The van der Waals surface area contributed by atoms with Crippen LogP contribution in [0.2, 0.25) is 0 Å². The van der Waals surface area contributed by atoms with Crippen LogP contribution in [0.3, 0.4) is 0 Å². The summed E-state index contributed by atoms with van der Waals surface area (Å²) in [5.74, 6) is 2.34. The van der Waals surface area contributed by atoms with Crippen molar-refractivity contribution in [2.45, 2.75) is 6.42 Å². The van der Waals surface area contributed by atoms with Crippen LogP contribution in [0.25, 0.3) is 17.2 Å². The van der Waals surface area contributed by atoms with Crippen molar-refractivity contribution in [2.75, 3.05) is 0 Å². The second kappa shape index (κ2) is 7.56. The summed E-state index contributed by atoms with van der Waals surface area (Å²) in [7, 11) is 0. The van der Waals surface area contributed by atoms with Crippen LogP contribution in [-0.4, -0.2) is 20.6 Å². The minimum absolute atomic E-state index is 0.648. The predicted octanol–water partition coefficient (Wildman–Crippen LogP) is 5.17. The van der Waals surface area contributed by atoms with Crippen molar-refractivity contribution in [3.63, 3.8) is 0 Å². The van der Waals surface area contributed by atoms with E-state index in [2.05, 4.69) is 69.2 Å². The molecule has 0 aliphatic heterocycles. The van der Waals surface area contributed by atoms with Crippen molar-refractivity contribution in [3.05, 3.63) is 107 Å². The highest BCUT2D eigenvalue weighted by atomic mass is 16.5. The van der Waals surface area contributed by atoms with Crippen LogP contribution in [0.1, 0.15) is 22.5 Å². The summed E-state index contributed by atoms with van der Waals surface area (Å²) in [6, 6.07) is 26.3. The van der Waals surface area contributed by atoms with Crippen LogP contribution >= 0.6 is 0 Å². The summed E-state index contributed by atoms with van der Waals surface area (Å²) in [6.45, 7) is 0. The van der Waals surface area contributed by atoms with E-state index in [1.165, 1.54) is 22.3 Å². The number of tetrazole rings is 1. The maximum atomic E-state index is 5.88. The summed E-state index contributed by atoms with van der Waals surface area (Å²) < 4.78 is 5.88. The number of aromatic nitrogens is 4. The first-order valence-electron chi connectivity index (χ1n) is 9.42. The Morgan fingerprint density at radius 1 is 0.793 bits per heavy atom. The molecular formula is C24H18N4O. The molecule has 3 aromatic carbocycles. The van der Waals surface area contributed by atoms with E-state index in [9.17, 15) is 0 Å². The van der Waals surface area contributed by atoms with Gasteiger partial charge in [-0.1, -0.05) is 65.9 Å². The molecule has 0 unspecified atom stereocenters. The van der Waals surface area contributed by atoms with Gasteiger partial charge < -0.3 is 4.74 Å². The molecule has 5 heteroatoms. The first-order chi connectivity index (χ1) is 14.3. The van der Waals surface area contributed by atoms with E-state index >= 15 is 0 Å². The number of rotatable bonds is 5. The number of allylic oxidation sites excluding steroid dienone is 3. The highest BCUT2D eigenvalue weighted by molar-refractivity contribution is 6.01. The number of H-pyrrole nitrogens is 1. The van der Waals surface area contributed by atoms with Gasteiger partial charge in [0.25, 0.3) is 0 Å². The molecule has 1 heterocycles. The molecule has 0 radical (unpaired) electrons. The number of aromatic amines is 1. The normalized spacial score (nSPS) is 13.9. The molecule has 0 saturated heterocycles. The number of hydrogen-bond acceptors (Lipinski definition) is 4. The highest BCUT2D eigenvalue weighted by Gasteiger charge is 2.19. The lowest BCUT2D eigenvalue weighted by molar-refractivity contribution is 0.482. The fraction of sp³-hybridized carbons (Fsp3) is 0.0417. The number of nitrogens with zero attached hydrogens (tertiary/aromatic N) is 3. The molecule has 1 aromatic heterocycles. The standard InChI is InChI=1S/C24H18N4O/c1-2-6-20(7-3-1)29-21-12-10-17(11-13-21)14-18-15-19(16-24-25-27-28-26-24)23-9-5-4-8-22(18)23/h1-15H,16H2,(H,25,26,27,28)/b18-14+. The van der Waals surface area contributed by atoms with E-state index in [1.807, 2.05) is 42.5 Å². The largest absolute Gasteiger partial charge is 0.457 e. The number of hydrogen-bond donors (Lipinski definition) is 1. The van der Waals surface area contributed by atoms with E-state index in [-0.39, 0.29) is 0 Å². The van der Waals surface area contributed by atoms with E-state index in [0.29, 0.717) is 12.2 Å². The highest BCUT2D eigenvalue weighted by Crippen LogP contribution is 2.37. The van der Waals surface area contributed by atoms with Crippen molar-refractivity contribution in [1.82, 2.24) is 20.6 Å². The molecule has 0 fully saturated rings. The van der Waals surface area contributed by atoms with Crippen LogP contribution in [0, 0.1) is 0 Å². The molecule has 140 valence electrons. The van der Waals surface area contributed by atoms with Crippen molar-refractivity contribution < 1.29 is 4.74 Å². The van der Waals surface area contributed by atoms with Gasteiger partial charge in [-0.15, -0.1) is 10.2 Å². The molecule has 1 aliphatic rings. The minimum atomic E-state index is 0.648. The van der Waals surface area contributed by atoms with E-state index < -0.39 is 0 Å². The van der Waals surface area contributed by atoms with Crippen LogP contribution in [0.4, 0.5) is 0 Å². The van der Waals surface area contributed by atoms with Crippen LogP contribution in [0.5, 0.6) is 11.5 Å². The molecule has 0 saturated carbocycles. The maximum absolute atomic E-state index is 5.88. The SMILES string of the molecule is C1=C(Cc2nn[nH]n2)c2ccccc2/C1=C/c1ccc(Oc2ccccc2)cc1. The fourth-order valence-electron chi connectivity index (χ4n) is 3.49. The molecule has 0 bridgehead atoms. The molecule has 0 spiro atoms. The number of nitrogens with one attached hydrogen (secondary N) is 1. The molecule has 0 amide bonds. The lowest BCUT2D eigenvalue weighted by Gasteiger charge is -2.06. The molecule has 5 rings (SSSR count). The molecule has 5 nitrogen and oxygen atoms in total. The molecular weight excluding hydrogens is 360 g/mol. The smallest absolute Gasteiger partial charge is 0.178 e. The van der Waals surface area contributed by atoms with Gasteiger partial charge in [-0.25, -0.2) is 0 Å². The second-order valence-electron chi connectivity index (χ2n) is 6.80. The summed E-state index contributed by atoms with van der Waals surface area (Å²) in [5.41, 5.74) is 5.92. The Bertz CT molecular complexity index is 1180. The van der Waals surface area contributed by atoms with Gasteiger partial charge in [0, 0.05) is 6.42 Å². The van der Waals surface area contributed by atoms with Crippen molar-refractivity contribution in [2.24, 2.45) is 0 Å². The van der Waals surface area contributed by atoms with Crippen molar-refractivity contribution >= 4 is 17.2 Å². The Morgan fingerprint density at radius 2 is 1.52 bits per heavy atom. The van der Waals surface area contributed by atoms with Gasteiger partial charge in [0.05, 0.1) is 0 Å². The number of benzene rings is 3. The summed E-state index contributed by atoms with van der Waals surface area (Å²) in [5, 5.41) is 14.3. The predicted molar refractivity (Wildman–Crippen MR) is 113 cm³/mol. The number of fused-ring (bicyclic) bond motifs is 1. The fourth-order valence-corrected chi connectivity index (χ4v) is 3.49. The molecule has 1 N–H and O–H groups in total. The van der Waals surface area contributed by atoms with E-state index in [4.69, 9.17) is 4.74 Å². The number of para-hydroxylation sites is 1. The summed E-state index contributed by atoms with van der Waals surface area (Å²) >= 11 is 0. The molecule has 1 aliphatic carbocycles. The Labute approximate surface area is 168 Å². The Kier molecular flexibility index (Phi) is 4.47. The Hall–Kier alpha value is -3.99. The molecule has 0 atom stereocenters. The van der Waals surface area contributed by atoms with E-state index in [1.54, 1.807) is 0 Å². The first kappa shape index (κ1) is 17.1. The van der Waals surface area contributed by atoms with Crippen LogP contribution in [-0.2, 0) is 6.42 Å². The molecule has 29 heavy (non-hydrogen) atoms. The zero-order valence-electron chi connectivity index (χ0n) is 15.6. The van der Waals surface area contributed by atoms with Gasteiger partial charge in [0.15, 0.2) is 5.82 Å². The maximum Gasteiger partial charge on any atom is 0.178 e. The average molecular weight is 378 g/mol. The second-order valence-corrected chi connectivity index (χ2v) is 6.80. The van der Waals surface area contributed by atoms with Gasteiger partial charge in [0.1, 0.15) is 11.5 Å². The third kappa shape index (κ3) is 3.71. The number of ether oxygens (including phenoxy) is 1. The van der Waals surface area contributed by atoms with Crippen molar-refractivity contribution in [3.8, 4) is 11.5 Å². The van der Waals surface area contributed by atoms with E-state index in [0.717, 1.165) is 17.1 Å². The zero-order valence-corrected chi connectivity index (χ0v) is 15.6. The third-order valence-corrected chi connectivity index (χ3v) is 4.83. The third-order valence-electron chi connectivity index (χ3n) is 4.83. The van der Waals surface area contributed by atoms with Gasteiger partial charge in [-0.2, -0.15) is 5.21 Å². The zero-order chi connectivity index (χ0) is 19.5. The quantitative estimate of drug-likeness (QED) is 0.520.